The predicted octanol–water partition coefficient (Wildman–Crippen LogP) is 3.72. The topological polar surface area (TPSA) is 79.7 Å². The van der Waals surface area contributed by atoms with E-state index in [4.69, 9.17) is 11.6 Å². The van der Waals surface area contributed by atoms with Crippen LogP contribution in [0.3, 0.4) is 0 Å². The van der Waals surface area contributed by atoms with E-state index in [-0.39, 0.29) is 12.1 Å². The first-order chi connectivity index (χ1) is 13.0. The Morgan fingerprint density at radius 3 is 2.85 bits per heavy atom. The van der Waals surface area contributed by atoms with Crippen molar-refractivity contribution in [3.05, 3.63) is 35.2 Å². The van der Waals surface area contributed by atoms with E-state index in [0.29, 0.717) is 28.1 Å². The molecule has 3 aromatic rings. The Hall–Kier alpha value is -2.45. The Labute approximate surface area is 161 Å². The summed E-state index contributed by atoms with van der Waals surface area (Å²) in [4.78, 5) is 13.6. The van der Waals surface area contributed by atoms with Gasteiger partial charge in [0.25, 0.3) is 0 Å². The molecule has 0 saturated carbocycles. The molecule has 3 N–H and O–H groups in total. The largest absolute Gasteiger partial charge is 0.352 e. The van der Waals surface area contributed by atoms with Crippen LogP contribution in [0.25, 0.3) is 11.2 Å². The van der Waals surface area contributed by atoms with Crippen LogP contribution in [-0.4, -0.2) is 38.7 Å². The van der Waals surface area contributed by atoms with Gasteiger partial charge in [0.05, 0.1) is 12.2 Å². The van der Waals surface area contributed by atoms with Crippen molar-refractivity contribution in [3.8, 4) is 0 Å². The van der Waals surface area contributed by atoms with Crippen molar-refractivity contribution < 1.29 is 4.39 Å². The minimum atomic E-state index is -0.404. The van der Waals surface area contributed by atoms with Gasteiger partial charge in [-0.25, -0.2) is 14.4 Å². The number of benzene rings is 1. The van der Waals surface area contributed by atoms with Crippen LogP contribution in [0.5, 0.6) is 0 Å². The van der Waals surface area contributed by atoms with Crippen molar-refractivity contribution in [1.29, 1.82) is 0 Å². The molecule has 1 unspecified atom stereocenters. The van der Waals surface area contributed by atoms with Gasteiger partial charge in [-0.2, -0.15) is 4.98 Å². The van der Waals surface area contributed by atoms with Crippen LogP contribution in [0.4, 0.5) is 22.0 Å². The maximum absolute atomic E-state index is 13.7. The Morgan fingerprint density at radius 2 is 2.15 bits per heavy atom. The number of imidazole rings is 1. The highest BCUT2D eigenvalue weighted by molar-refractivity contribution is 6.30. The third kappa shape index (κ3) is 3.81. The second-order valence-electron chi connectivity index (χ2n) is 6.94. The number of nitrogens with one attached hydrogen (secondary N) is 3. The molecule has 142 valence electrons. The van der Waals surface area contributed by atoms with Crippen molar-refractivity contribution in [2.75, 3.05) is 23.7 Å². The zero-order chi connectivity index (χ0) is 19.0. The molecule has 0 amide bonds. The van der Waals surface area contributed by atoms with E-state index >= 15 is 0 Å². The van der Waals surface area contributed by atoms with E-state index in [1.165, 1.54) is 12.1 Å². The fraction of sp³-hybridized carbons (Fsp3) is 0.389. The number of hydrogen-bond donors (Lipinski definition) is 3. The molecular weight excluding hydrogens is 369 g/mol. The van der Waals surface area contributed by atoms with Crippen LogP contribution in [-0.2, 0) is 0 Å². The smallest absolute Gasteiger partial charge is 0.224 e. The summed E-state index contributed by atoms with van der Waals surface area (Å²) in [7, 11) is 0. The standard InChI is InChI=1S/C18H21ClFN7/c1-10(2)23-17-22-9-15-16(26-17)27(14-3-4-21-8-14)18(25-15)24-13-6-11(19)5-12(20)7-13/h5-7,9-10,14,21H,3-4,8H2,1-2H3,(H,24,25)(H,22,23,26). The van der Waals surface area contributed by atoms with Gasteiger partial charge < -0.3 is 16.0 Å². The second-order valence-corrected chi connectivity index (χ2v) is 7.37. The molecule has 27 heavy (non-hydrogen) atoms. The Kier molecular flexibility index (Phi) is 4.84. The first kappa shape index (κ1) is 17.9. The van der Waals surface area contributed by atoms with Crippen molar-refractivity contribution in [2.24, 2.45) is 0 Å². The molecule has 0 bridgehead atoms. The molecule has 4 rings (SSSR count). The summed E-state index contributed by atoms with van der Waals surface area (Å²) in [5.74, 6) is 0.750. The van der Waals surface area contributed by atoms with E-state index in [2.05, 4.69) is 35.5 Å². The molecule has 0 aliphatic carbocycles. The molecule has 1 atom stereocenters. The lowest BCUT2D eigenvalue weighted by atomic mass is 10.2. The van der Waals surface area contributed by atoms with Crippen LogP contribution >= 0.6 is 11.6 Å². The molecule has 1 aliphatic heterocycles. The summed E-state index contributed by atoms with van der Waals surface area (Å²) < 4.78 is 15.8. The summed E-state index contributed by atoms with van der Waals surface area (Å²) >= 11 is 5.98. The minimum absolute atomic E-state index is 0.198. The summed E-state index contributed by atoms with van der Waals surface area (Å²) in [6.07, 6.45) is 2.66. The third-order valence-electron chi connectivity index (χ3n) is 4.37. The van der Waals surface area contributed by atoms with Crippen LogP contribution < -0.4 is 16.0 Å². The number of nitrogens with zero attached hydrogens (tertiary/aromatic N) is 4. The lowest BCUT2D eigenvalue weighted by molar-refractivity contribution is 0.564. The van der Waals surface area contributed by atoms with Gasteiger partial charge in [0.15, 0.2) is 5.65 Å². The number of hydrogen-bond acceptors (Lipinski definition) is 6. The van der Waals surface area contributed by atoms with Crippen molar-refractivity contribution >= 4 is 40.3 Å². The van der Waals surface area contributed by atoms with E-state index in [1.54, 1.807) is 12.3 Å². The molecule has 2 aromatic heterocycles. The van der Waals surface area contributed by atoms with Crippen LogP contribution in [0.15, 0.2) is 24.4 Å². The van der Waals surface area contributed by atoms with Gasteiger partial charge in [0.2, 0.25) is 11.9 Å². The first-order valence-corrected chi connectivity index (χ1v) is 9.33. The number of halogens is 2. The van der Waals surface area contributed by atoms with Gasteiger partial charge in [0.1, 0.15) is 11.3 Å². The molecule has 0 radical (unpaired) electrons. The average molecular weight is 390 g/mol. The molecule has 1 saturated heterocycles. The summed E-state index contributed by atoms with van der Waals surface area (Å²) in [6.45, 7) is 5.82. The summed E-state index contributed by atoms with van der Waals surface area (Å²) in [5, 5.41) is 10.1. The normalized spacial score (nSPS) is 17.0. The molecule has 1 fully saturated rings. The molecular formula is C18H21ClFN7. The van der Waals surface area contributed by atoms with Crippen LogP contribution in [0.2, 0.25) is 5.02 Å². The average Bonchev–Trinajstić information content (AvgIpc) is 3.20. The van der Waals surface area contributed by atoms with E-state index in [1.807, 2.05) is 13.8 Å². The minimum Gasteiger partial charge on any atom is -0.352 e. The third-order valence-corrected chi connectivity index (χ3v) is 4.59. The van der Waals surface area contributed by atoms with Gasteiger partial charge in [-0.3, -0.25) is 4.57 Å². The Morgan fingerprint density at radius 1 is 1.30 bits per heavy atom. The fourth-order valence-corrected chi connectivity index (χ4v) is 3.49. The number of rotatable bonds is 5. The SMILES string of the molecule is CC(C)Nc1ncc2nc(Nc3cc(F)cc(Cl)c3)n(C3CCNC3)c2n1. The number of fused-ring (bicyclic) bond motifs is 1. The van der Waals surface area contributed by atoms with Crippen LogP contribution in [0.1, 0.15) is 26.3 Å². The number of anilines is 3. The van der Waals surface area contributed by atoms with Crippen molar-refractivity contribution in [2.45, 2.75) is 32.4 Å². The van der Waals surface area contributed by atoms with Crippen LogP contribution in [0, 0.1) is 5.82 Å². The molecule has 3 heterocycles. The molecule has 1 aliphatic rings. The van der Waals surface area contributed by atoms with Gasteiger partial charge in [0, 0.05) is 23.3 Å². The highest BCUT2D eigenvalue weighted by Gasteiger charge is 2.24. The van der Waals surface area contributed by atoms with Gasteiger partial charge in [-0.05, 0) is 45.0 Å². The maximum Gasteiger partial charge on any atom is 0.224 e. The summed E-state index contributed by atoms with van der Waals surface area (Å²) in [6, 6.07) is 4.74. The van der Waals surface area contributed by atoms with Gasteiger partial charge in [-0.1, -0.05) is 11.6 Å². The predicted molar refractivity (Wildman–Crippen MR) is 105 cm³/mol. The highest BCUT2D eigenvalue weighted by Crippen LogP contribution is 2.30. The molecule has 0 spiro atoms. The maximum atomic E-state index is 13.7. The van der Waals surface area contributed by atoms with E-state index in [0.717, 1.165) is 25.2 Å². The zero-order valence-corrected chi connectivity index (χ0v) is 15.9. The molecule has 1 aromatic carbocycles. The first-order valence-electron chi connectivity index (χ1n) is 8.95. The second kappa shape index (κ2) is 7.28. The molecule has 7 nitrogen and oxygen atoms in total. The fourth-order valence-electron chi connectivity index (χ4n) is 3.27. The van der Waals surface area contributed by atoms with E-state index < -0.39 is 5.82 Å². The summed E-state index contributed by atoms with van der Waals surface area (Å²) in [5.41, 5.74) is 1.96. The Bertz CT molecular complexity index is 945. The quantitative estimate of drug-likeness (QED) is 0.617. The lowest BCUT2D eigenvalue weighted by Crippen LogP contribution is -2.16. The van der Waals surface area contributed by atoms with Gasteiger partial charge in [-0.15, -0.1) is 0 Å². The van der Waals surface area contributed by atoms with Crippen molar-refractivity contribution in [1.82, 2.24) is 24.8 Å². The van der Waals surface area contributed by atoms with E-state index in [9.17, 15) is 4.39 Å². The Balaban J connectivity index is 1.79. The monoisotopic (exact) mass is 389 g/mol. The van der Waals surface area contributed by atoms with Gasteiger partial charge >= 0.3 is 0 Å². The number of aromatic nitrogens is 4. The van der Waals surface area contributed by atoms with Crippen molar-refractivity contribution in [3.63, 3.8) is 0 Å². The zero-order valence-electron chi connectivity index (χ0n) is 15.1. The highest BCUT2D eigenvalue weighted by atomic mass is 35.5. The lowest BCUT2D eigenvalue weighted by Gasteiger charge is -2.16. The molecule has 9 heteroatoms.